The topological polar surface area (TPSA) is 50.7 Å². The molecule has 2 N–H and O–H groups in total. The average Bonchev–Trinajstić information content (AvgIpc) is 2.49. The van der Waals surface area contributed by atoms with Crippen LogP contribution in [0.15, 0.2) is 0 Å². The van der Waals surface area contributed by atoms with E-state index in [4.69, 9.17) is 9.47 Å². The molecular weight excluding hydrogens is 170 g/mol. The van der Waals surface area contributed by atoms with Crippen molar-refractivity contribution in [3.63, 3.8) is 0 Å². The van der Waals surface area contributed by atoms with Crippen molar-refractivity contribution >= 4 is 0 Å². The van der Waals surface area contributed by atoms with Gasteiger partial charge in [-0.1, -0.05) is 0 Å². The lowest BCUT2D eigenvalue weighted by Crippen LogP contribution is -2.50. The van der Waals surface area contributed by atoms with Crippen molar-refractivity contribution in [3.05, 3.63) is 0 Å². The molecule has 0 radical (unpaired) electrons. The molecule has 0 spiro atoms. The van der Waals surface area contributed by atoms with E-state index in [9.17, 15) is 5.11 Å². The van der Waals surface area contributed by atoms with Crippen molar-refractivity contribution in [2.75, 3.05) is 13.2 Å². The Balaban J connectivity index is 2.16. The minimum Gasteiger partial charge on any atom is -0.394 e. The number of rotatable bonds is 1. The first kappa shape index (κ1) is 9.40. The fourth-order valence-electron chi connectivity index (χ4n) is 2.11. The molecule has 2 fully saturated rings. The molecule has 0 unspecified atom stereocenters. The highest BCUT2D eigenvalue weighted by Crippen LogP contribution is 2.37. The van der Waals surface area contributed by atoms with Gasteiger partial charge in [0.1, 0.15) is 12.2 Å². The van der Waals surface area contributed by atoms with E-state index in [1.54, 1.807) is 0 Å². The average molecular weight is 187 g/mol. The van der Waals surface area contributed by atoms with Gasteiger partial charge in [0, 0.05) is 6.54 Å². The second-order valence-electron chi connectivity index (χ2n) is 4.55. The van der Waals surface area contributed by atoms with Gasteiger partial charge in [-0.2, -0.15) is 0 Å². The lowest BCUT2D eigenvalue weighted by molar-refractivity contribution is -0.160. The summed E-state index contributed by atoms with van der Waals surface area (Å²) in [6.45, 7) is 6.60. The van der Waals surface area contributed by atoms with Crippen LogP contribution in [0.4, 0.5) is 0 Å². The predicted molar refractivity (Wildman–Crippen MR) is 47.3 cm³/mol. The first-order valence-corrected chi connectivity index (χ1v) is 4.68. The summed E-state index contributed by atoms with van der Waals surface area (Å²) in [6.07, 6.45) is 0.0413. The number of nitrogens with one attached hydrogen (secondary N) is 1. The molecule has 2 saturated heterocycles. The van der Waals surface area contributed by atoms with Gasteiger partial charge in [-0.3, -0.25) is 0 Å². The third kappa shape index (κ3) is 1.38. The van der Waals surface area contributed by atoms with E-state index in [0.29, 0.717) is 0 Å². The Morgan fingerprint density at radius 2 is 2.08 bits per heavy atom. The van der Waals surface area contributed by atoms with Gasteiger partial charge in [0.15, 0.2) is 5.79 Å². The van der Waals surface area contributed by atoms with Crippen LogP contribution in [0.1, 0.15) is 20.8 Å². The fourth-order valence-corrected chi connectivity index (χ4v) is 2.11. The normalized spacial score (nSPS) is 48.0. The lowest BCUT2D eigenvalue weighted by atomic mass is 9.97. The van der Waals surface area contributed by atoms with Crippen molar-refractivity contribution in [2.45, 2.75) is 44.3 Å². The summed E-state index contributed by atoms with van der Waals surface area (Å²) in [4.78, 5) is 0. The molecule has 3 atom stereocenters. The molecule has 0 aliphatic carbocycles. The molecule has 0 bridgehead atoms. The van der Waals surface area contributed by atoms with Gasteiger partial charge in [0.2, 0.25) is 0 Å². The molecule has 2 aliphatic rings. The highest BCUT2D eigenvalue weighted by atomic mass is 16.8. The maximum atomic E-state index is 9.24. The van der Waals surface area contributed by atoms with Gasteiger partial charge >= 0.3 is 0 Å². The van der Waals surface area contributed by atoms with Gasteiger partial charge in [-0.25, -0.2) is 0 Å². The molecule has 13 heavy (non-hydrogen) atoms. The molecule has 2 rings (SSSR count). The molecule has 4 nitrogen and oxygen atoms in total. The van der Waals surface area contributed by atoms with Gasteiger partial charge in [-0.15, -0.1) is 0 Å². The van der Waals surface area contributed by atoms with Crippen LogP contribution in [0.3, 0.4) is 0 Å². The molecular formula is C9H17NO3. The zero-order chi connectivity index (χ0) is 9.69. The number of hydrogen-bond acceptors (Lipinski definition) is 4. The van der Waals surface area contributed by atoms with Crippen LogP contribution in [0, 0.1) is 0 Å². The molecule has 0 aromatic heterocycles. The third-order valence-corrected chi connectivity index (χ3v) is 2.85. The number of ether oxygens (including phenoxy) is 2. The summed E-state index contributed by atoms with van der Waals surface area (Å²) in [5, 5.41) is 12.5. The smallest absolute Gasteiger partial charge is 0.163 e. The molecule has 2 heterocycles. The van der Waals surface area contributed by atoms with E-state index in [1.807, 2.05) is 20.8 Å². The maximum Gasteiger partial charge on any atom is 0.163 e. The first-order chi connectivity index (χ1) is 5.97. The van der Waals surface area contributed by atoms with Crippen LogP contribution in [-0.2, 0) is 9.47 Å². The van der Waals surface area contributed by atoms with Crippen LogP contribution in [0.5, 0.6) is 0 Å². The second kappa shape index (κ2) is 2.67. The summed E-state index contributed by atoms with van der Waals surface area (Å²) < 4.78 is 11.4. The Bertz CT molecular complexity index is 219. The quantitative estimate of drug-likeness (QED) is 0.600. The second-order valence-corrected chi connectivity index (χ2v) is 4.55. The summed E-state index contributed by atoms with van der Waals surface area (Å²) in [5.41, 5.74) is -0.349. The lowest BCUT2D eigenvalue weighted by Gasteiger charge is -2.29. The first-order valence-electron chi connectivity index (χ1n) is 4.68. The van der Waals surface area contributed by atoms with E-state index in [-0.39, 0.29) is 24.4 Å². The van der Waals surface area contributed by atoms with Gasteiger partial charge in [-0.05, 0) is 20.8 Å². The highest BCUT2D eigenvalue weighted by Gasteiger charge is 2.54. The van der Waals surface area contributed by atoms with Crippen LogP contribution in [-0.4, -0.2) is 41.8 Å². The van der Waals surface area contributed by atoms with Crippen molar-refractivity contribution < 1.29 is 14.6 Å². The summed E-state index contributed by atoms with van der Waals surface area (Å²) in [5.74, 6) is -0.506. The Kier molecular flexibility index (Phi) is 1.93. The Morgan fingerprint density at radius 1 is 1.38 bits per heavy atom. The Hall–Kier alpha value is -0.160. The zero-order valence-electron chi connectivity index (χ0n) is 8.33. The van der Waals surface area contributed by atoms with E-state index >= 15 is 0 Å². The van der Waals surface area contributed by atoms with Gasteiger partial charge in [0.25, 0.3) is 0 Å². The van der Waals surface area contributed by atoms with Crippen molar-refractivity contribution in [1.82, 2.24) is 5.32 Å². The molecule has 0 saturated carbocycles. The van der Waals surface area contributed by atoms with Crippen LogP contribution < -0.4 is 5.32 Å². The molecule has 76 valence electrons. The predicted octanol–water partition coefficient (Wildman–Crippen LogP) is -0.139. The third-order valence-electron chi connectivity index (χ3n) is 2.85. The number of fused-ring (bicyclic) bond motifs is 1. The van der Waals surface area contributed by atoms with Crippen LogP contribution >= 0.6 is 0 Å². The van der Waals surface area contributed by atoms with Crippen molar-refractivity contribution in [1.29, 1.82) is 0 Å². The fraction of sp³-hybridized carbons (Fsp3) is 1.00. The zero-order valence-corrected chi connectivity index (χ0v) is 8.33. The minimum atomic E-state index is -0.506. The van der Waals surface area contributed by atoms with Gasteiger partial charge in [0.05, 0.1) is 12.1 Å². The largest absolute Gasteiger partial charge is 0.394 e. The molecule has 0 aromatic rings. The van der Waals surface area contributed by atoms with Crippen LogP contribution in [0.25, 0.3) is 0 Å². The maximum absolute atomic E-state index is 9.24. The van der Waals surface area contributed by atoms with Gasteiger partial charge < -0.3 is 19.9 Å². The molecule has 0 aromatic carbocycles. The van der Waals surface area contributed by atoms with Crippen LogP contribution in [0.2, 0.25) is 0 Å². The van der Waals surface area contributed by atoms with E-state index in [2.05, 4.69) is 5.32 Å². The van der Waals surface area contributed by atoms with E-state index < -0.39 is 5.79 Å². The summed E-state index contributed by atoms with van der Waals surface area (Å²) >= 11 is 0. The van der Waals surface area contributed by atoms with Crippen molar-refractivity contribution in [3.8, 4) is 0 Å². The molecule has 2 aliphatic heterocycles. The van der Waals surface area contributed by atoms with E-state index in [0.717, 1.165) is 6.54 Å². The molecule has 4 heteroatoms. The molecule has 0 amide bonds. The minimum absolute atomic E-state index is 0.0347. The SMILES string of the molecule is CC1(C)O[C@@H]2[C@@H](CN[C@@]2(C)CO)O1. The Labute approximate surface area is 78.2 Å². The number of aliphatic hydroxyl groups excluding tert-OH is 1. The van der Waals surface area contributed by atoms with E-state index in [1.165, 1.54) is 0 Å². The van der Waals surface area contributed by atoms with Crippen molar-refractivity contribution in [2.24, 2.45) is 0 Å². The Morgan fingerprint density at radius 3 is 2.69 bits per heavy atom. The number of aliphatic hydroxyl groups is 1. The summed E-state index contributed by atoms with van der Waals surface area (Å²) in [7, 11) is 0. The summed E-state index contributed by atoms with van der Waals surface area (Å²) in [6, 6.07) is 0. The number of hydrogen-bond donors (Lipinski definition) is 2. The standard InChI is InChI=1S/C9H17NO3/c1-8(2)12-6-4-10-9(3,5-11)7(6)13-8/h6-7,10-11H,4-5H2,1-3H3/t6-,7-,9+/m1/s1. The highest BCUT2D eigenvalue weighted by molar-refractivity contribution is 5.06. The monoisotopic (exact) mass is 187 g/mol.